The highest BCUT2D eigenvalue weighted by Gasteiger charge is 2.98. The van der Waals surface area contributed by atoms with Crippen molar-refractivity contribution in [1.82, 2.24) is 0 Å². The van der Waals surface area contributed by atoms with Crippen molar-refractivity contribution in [3.8, 4) is 6.07 Å². The Balaban J connectivity index is 0.000000215. The third-order valence-electron chi connectivity index (χ3n) is 5.55. The van der Waals surface area contributed by atoms with Gasteiger partial charge in [-0.1, -0.05) is 30.3 Å². The van der Waals surface area contributed by atoms with E-state index in [0.29, 0.717) is 12.2 Å². The number of benzene rings is 1. The lowest BCUT2D eigenvalue weighted by Gasteiger charge is -2.46. The standard InChI is InChI=1S/C14H7F6N.C6H2F6/c15-12(14(18,19)20)11(9-5-2-1-3-6-9)10(7-4-8-21)13(12,16)17;7-3(8)2-4(9)1-5(10,11)6(2,4)12/h1-7H;1H2. The van der Waals surface area contributed by atoms with Gasteiger partial charge in [0.25, 0.3) is 17.7 Å². The van der Waals surface area contributed by atoms with Gasteiger partial charge in [-0.2, -0.15) is 36.0 Å². The van der Waals surface area contributed by atoms with Gasteiger partial charge in [-0.15, -0.1) is 0 Å². The van der Waals surface area contributed by atoms with E-state index in [1.165, 1.54) is 24.3 Å². The number of nitrogens with zero attached hydrogens (tertiary/aromatic N) is 1. The highest BCUT2D eigenvalue weighted by Crippen LogP contribution is 2.80. The Morgan fingerprint density at radius 1 is 0.939 bits per heavy atom. The van der Waals surface area contributed by atoms with Gasteiger partial charge in [0.2, 0.25) is 5.67 Å². The molecule has 0 amide bonds. The number of rotatable bonds is 2. The first-order valence-electron chi connectivity index (χ1n) is 8.77. The summed E-state index contributed by atoms with van der Waals surface area (Å²) in [4.78, 5) is 0. The molecule has 0 N–H and O–H groups in total. The minimum atomic E-state index is -5.77. The van der Waals surface area contributed by atoms with Gasteiger partial charge in [-0.3, -0.25) is 0 Å². The van der Waals surface area contributed by atoms with Crippen LogP contribution in [0.3, 0.4) is 0 Å². The maximum Gasteiger partial charge on any atom is 0.433 e. The molecule has 1 aromatic rings. The van der Waals surface area contributed by atoms with E-state index in [1.807, 2.05) is 0 Å². The lowest BCUT2D eigenvalue weighted by atomic mass is 9.67. The second-order valence-electron chi connectivity index (χ2n) is 7.32. The smallest absolute Gasteiger partial charge is 0.234 e. The number of alkyl halides is 10. The fourth-order valence-electron chi connectivity index (χ4n) is 3.89. The van der Waals surface area contributed by atoms with Crippen LogP contribution in [0, 0.1) is 11.3 Å². The van der Waals surface area contributed by atoms with Gasteiger partial charge in [-0.25, -0.2) is 22.0 Å². The molecule has 178 valence electrons. The monoisotopic (exact) mass is 491 g/mol. The van der Waals surface area contributed by atoms with E-state index in [4.69, 9.17) is 5.26 Å². The second-order valence-corrected chi connectivity index (χ2v) is 7.32. The highest BCUT2D eigenvalue weighted by atomic mass is 19.4. The Labute approximate surface area is 177 Å². The van der Waals surface area contributed by atoms with E-state index in [1.54, 1.807) is 0 Å². The third kappa shape index (κ3) is 2.95. The summed E-state index contributed by atoms with van der Waals surface area (Å²) in [5.41, 5.74) is -15.8. The van der Waals surface area contributed by atoms with Gasteiger partial charge in [0, 0.05) is 17.2 Å². The molecule has 3 aliphatic rings. The summed E-state index contributed by atoms with van der Waals surface area (Å²) in [5, 5.41) is 8.33. The van der Waals surface area contributed by atoms with Crippen LogP contribution in [0.15, 0.2) is 59.7 Å². The second kappa shape index (κ2) is 7.04. The molecule has 1 aromatic carbocycles. The van der Waals surface area contributed by atoms with Crippen molar-refractivity contribution in [2.24, 2.45) is 0 Å². The van der Waals surface area contributed by atoms with Crippen LogP contribution < -0.4 is 0 Å². The van der Waals surface area contributed by atoms with Crippen LogP contribution in [0.1, 0.15) is 12.0 Å². The first kappa shape index (κ1) is 24.7. The minimum Gasteiger partial charge on any atom is -0.234 e. The Morgan fingerprint density at radius 3 is 1.82 bits per heavy atom. The lowest BCUT2D eigenvalue weighted by molar-refractivity contribution is -0.276. The summed E-state index contributed by atoms with van der Waals surface area (Å²) >= 11 is 0. The number of hydrogen-bond donors (Lipinski definition) is 0. The molecular formula is C20H9F12N. The molecule has 0 aromatic heterocycles. The number of hydrogen-bond acceptors (Lipinski definition) is 1. The molecule has 3 atom stereocenters. The molecule has 2 saturated carbocycles. The maximum atomic E-state index is 14.2. The van der Waals surface area contributed by atoms with Crippen LogP contribution in [0.25, 0.3) is 5.57 Å². The first-order chi connectivity index (χ1) is 14.9. The summed E-state index contributed by atoms with van der Waals surface area (Å²) in [6.07, 6.45) is -8.82. The summed E-state index contributed by atoms with van der Waals surface area (Å²) in [6.45, 7) is 0. The summed E-state index contributed by atoms with van der Waals surface area (Å²) in [7, 11) is 0. The minimum absolute atomic E-state index is 0.305. The van der Waals surface area contributed by atoms with Gasteiger partial charge >= 0.3 is 12.1 Å². The van der Waals surface area contributed by atoms with Crippen molar-refractivity contribution in [2.75, 3.05) is 0 Å². The number of allylic oxidation sites excluding steroid dienone is 5. The maximum absolute atomic E-state index is 14.2. The zero-order valence-corrected chi connectivity index (χ0v) is 15.7. The Morgan fingerprint density at radius 2 is 1.48 bits per heavy atom. The molecule has 13 heteroatoms. The van der Waals surface area contributed by atoms with E-state index in [0.717, 1.165) is 12.1 Å². The quantitative estimate of drug-likeness (QED) is 0.322. The van der Waals surface area contributed by atoms with E-state index < -0.39 is 64.2 Å². The van der Waals surface area contributed by atoms with Gasteiger partial charge in [0.05, 0.1) is 18.1 Å². The average Bonchev–Trinajstić information content (AvgIpc) is 3.14. The van der Waals surface area contributed by atoms with E-state index in [2.05, 4.69) is 0 Å². The number of halogens is 12. The summed E-state index contributed by atoms with van der Waals surface area (Å²) < 4.78 is 153. The van der Waals surface area contributed by atoms with Crippen LogP contribution in [-0.2, 0) is 0 Å². The predicted molar refractivity (Wildman–Crippen MR) is 89.4 cm³/mol. The van der Waals surface area contributed by atoms with Gasteiger partial charge in [0.1, 0.15) is 0 Å². The summed E-state index contributed by atoms with van der Waals surface area (Å²) in [6, 6.07) is 7.67. The normalized spacial score (nSPS) is 33.2. The topological polar surface area (TPSA) is 23.8 Å². The van der Waals surface area contributed by atoms with Crippen LogP contribution >= 0.6 is 0 Å². The van der Waals surface area contributed by atoms with Crippen molar-refractivity contribution in [3.63, 3.8) is 0 Å². The zero-order chi connectivity index (χ0) is 25.3. The van der Waals surface area contributed by atoms with Crippen LogP contribution in [-0.4, -0.2) is 35.0 Å². The van der Waals surface area contributed by atoms with Gasteiger partial charge in [-0.05, 0) is 11.6 Å². The molecule has 0 spiro atoms. The molecule has 1 nitrogen and oxygen atoms in total. The zero-order valence-electron chi connectivity index (χ0n) is 15.7. The van der Waals surface area contributed by atoms with E-state index in [9.17, 15) is 52.7 Å². The van der Waals surface area contributed by atoms with Crippen molar-refractivity contribution in [2.45, 2.75) is 41.4 Å². The van der Waals surface area contributed by atoms with Crippen LogP contribution in [0.2, 0.25) is 0 Å². The van der Waals surface area contributed by atoms with Crippen molar-refractivity contribution in [3.05, 3.63) is 65.3 Å². The van der Waals surface area contributed by atoms with E-state index in [-0.39, 0.29) is 5.56 Å². The largest absolute Gasteiger partial charge is 0.433 e. The molecule has 3 aliphatic carbocycles. The first-order valence-corrected chi connectivity index (χ1v) is 8.77. The average molecular weight is 491 g/mol. The van der Waals surface area contributed by atoms with Crippen LogP contribution in [0.4, 0.5) is 52.7 Å². The van der Waals surface area contributed by atoms with Gasteiger partial charge in [0.15, 0.2) is 5.67 Å². The molecule has 2 fully saturated rings. The molecule has 0 heterocycles. The SMILES string of the molecule is FC(F)=C1C2(F)CC(F)(F)C12F.N#CC=CC1=C(c2ccccc2)C(F)(C(F)(F)F)C1(F)F. The Bertz CT molecular complexity index is 1110. The number of fused-ring (bicyclic) bond motifs is 1. The van der Waals surface area contributed by atoms with Gasteiger partial charge < -0.3 is 0 Å². The van der Waals surface area contributed by atoms with E-state index >= 15 is 0 Å². The fraction of sp³-hybridized carbons (Fsp3) is 0.350. The molecule has 0 bridgehead atoms. The van der Waals surface area contributed by atoms with Crippen molar-refractivity contribution in [1.29, 1.82) is 5.26 Å². The highest BCUT2D eigenvalue weighted by molar-refractivity contribution is 5.88. The third-order valence-corrected chi connectivity index (χ3v) is 5.55. The van der Waals surface area contributed by atoms with Crippen molar-refractivity contribution >= 4 is 5.57 Å². The molecule has 0 aliphatic heterocycles. The lowest BCUT2D eigenvalue weighted by Crippen LogP contribution is -2.63. The Hall–Kier alpha value is -2.91. The number of nitriles is 1. The molecule has 4 rings (SSSR count). The molecule has 0 radical (unpaired) electrons. The van der Waals surface area contributed by atoms with Crippen molar-refractivity contribution < 1.29 is 52.7 Å². The van der Waals surface area contributed by atoms with Crippen LogP contribution in [0.5, 0.6) is 0 Å². The fourth-order valence-corrected chi connectivity index (χ4v) is 3.89. The predicted octanol–water partition coefficient (Wildman–Crippen LogP) is 7.05. The Kier molecular flexibility index (Phi) is 5.28. The summed E-state index contributed by atoms with van der Waals surface area (Å²) in [5.74, 6) is -8.72. The molecule has 3 unspecified atom stereocenters. The molecular weight excluding hydrogens is 482 g/mol. The molecule has 0 saturated heterocycles. The molecule has 33 heavy (non-hydrogen) atoms.